The van der Waals surface area contributed by atoms with Crippen LogP contribution in [0.3, 0.4) is 0 Å². The molecule has 2 atom stereocenters. The third kappa shape index (κ3) is 5.34. The van der Waals surface area contributed by atoms with Crippen molar-refractivity contribution in [3.05, 3.63) is 29.8 Å². The second-order valence-corrected chi connectivity index (χ2v) is 6.22. The normalized spacial score (nSPS) is 20.8. The van der Waals surface area contributed by atoms with Gasteiger partial charge >= 0.3 is 0 Å². The Morgan fingerprint density at radius 2 is 2.23 bits per heavy atom. The lowest BCUT2D eigenvalue weighted by molar-refractivity contribution is -0.122. The predicted molar refractivity (Wildman–Crippen MR) is 88.9 cm³/mol. The van der Waals surface area contributed by atoms with E-state index >= 15 is 0 Å². The van der Waals surface area contributed by atoms with Gasteiger partial charge in [-0.2, -0.15) is 0 Å². The number of nitrogens with one attached hydrogen (secondary N) is 1. The molecule has 1 aliphatic rings. The molecule has 0 heterocycles. The van der Waals surface area contributed by atoms with Crippen LogP contribution in [0.15, 0.2) is 24.3 Å². The number of ether oxygens (including phenoxy) is 1. The Kier molecular flexibility index (Phi) is 6.72. The molecule has 0 spiro atoms. The zero-order chi connectivity index (χ0) is 15.8. The first-order chi connectivity index (χ1) is 10.7. The fraction of sp³-hybridized carbons (Fsp3) is 0.611. The van der Waals surface area contributed by atoms with Gasteiger partial charge in [0.25, 0.3) is 0 Å². The summed E-state index contributed by atoms with van der Waals surface area (Å²) in [7, 11) is 0. The van der Waals surface area contributed by atoms with E-state index in [1.54, 1.807) is 0 Å². The van der Waals surface area contributed by atoms with Gasteiger partial charge < -0.3 is 15.8 Å². The SMILES string of the molecule is Cc1cccc(OCCCCC(=O)NC2CCCC2CN)c1. The summed E-state index contributed by atoms with van der Waals surface area (Å²) in [5.74, 6) is 1.52. The largest absolute Gasteiger partial charge is 0.494 e. The fourth-order valence-corrected chi connectivity index (χ4v) is 3.07. The minimum atomic E-state index is 0.154. The average molecular weight is 304 g/mol. The molecule has 3 N–H and O–H groups in total. The number of amides is 1. The Bertz CT molecular complexity index is 476. The third-order valence-corrected chi connectivity index (χ3v) is 4.36. The van der Waals surface area contributed by atoms with E-state index in [1.807, 2.05) is 18.2 Å². The summed E-state index contributed by atoms with van der Waals surface area (Å²) in [6.07, 6.45) is 5.72. The predicted octanol–water partition coefficient (Wildman–Crippen LogP) is 2.79. The minimum absolute atomic E-state index is 0.154. The van der Waals surface area contributed by atoms with Crippen molar-refractivity contribution < 1.29 is 9.53 Å². The van der Waals surface area contributed by atoms with E-state index in [2.05, 4.69) is 18.3 Å². The minimum Gasteiger partial charge on any atom is -0.494 e. The first-order valence-electron chi connectivity index (χ1n) is 8.38. The molecule has 122 valence electrons. The number of benzene rings is 1. The molecule has 1 aliphatic carbocycles. The number of aryl methyl sites for hydroxylation is 1. The maximum absolute atomic E-state index is 11.9. The molecule has 1 amide bonds. The van der Waals surface area contributed by atoms with Crippen molar-refractivity contribution in [1.29, 1.82) is 0 Å². The molecule has 0 bridgehead atoms. The zero-order valence-corrected chi connectivity index (χ0v) is 13.5. The molecule has 1 fully saturated rings. The standard InChI is InChI=1S/C18H28N2O2/c1-14-6-4-8-16(12-14)22-11-3-2-10-18(21)20-17-9-5-7-15(17)13-19/h4,6,8,12,15,17H,2-3,5,7,9-11,13,19H2,1H3,(H,20,21). The zero-order valence-electron chi connectivity index (χ0n) is 13.5. The summed E-state index contributed by atoms with van der Waals surface area (Å²) >= 11 is 0. The molecule has 2 unspecified atom stereocenters. The number of rotatable bonds is 8. The number of hydrogen-bond donors (Lipinski definition) is 2. The number of nitrogens with two attached hydrogens (primary N) is 1. The van der Waals surface area contributed by atoms with Crippen LogP contribution in [0.1, 0.15) is 44.1 Å². The van der Waals surface area contributed by atoms with E-state index in [1.165, 1.54) is 12.0 Å². The van der Waals surface area contributed by atoms with Crippen molar-refractivity contribution in [2.45, 2.75) is 51.5 Å². The Morgan fingerprint density at radius 3 is 3.00 bits per heavy atom. The van der Waals surface area contributed by atoms with Gasteiger partial charge in [0, 0.05) is 12.5 Å². The van der Waals surface area contributed by atoms with Crippen LogP contribution in [0.4, 0.5) is 0 Å². The van der Waals surface area contributed by atoms with Crippen molar-refractivity contribution >= 4 is 5.91 Å². The van der Waals surface area contributed by atoms with E-state index < -0.39 is 0 Å². The van der Waals surface area contributed by atoms with Crippen molar-refractivity contribution in [2.75, 3.05) is 13.2 Å². The first-order valence-corrected chi connectivity index (χ1v) is 8.38. The molecule has 0 radical (unpaired) electrons. The van der Waals surface area contributed by atoms with Gasteiger partial charge in [0.1, 0.15) is 5.75 Å². The number of carbonyl (C=O) groups excluding carboxylic acids is 1. The first kappa shape index (κ1) is 16.8. The van der Waals surface area contributed by atoms with Gasteiger partial charge in [-0.05, 0) is 62.8 Å². The molecular weight excluding hydrogens is 276 g/mol. The Hall–Kier alpha value is -1.55. The maximum Gasteiger partial charge on any atom is 0.220 e. The summed E-state index contributed by atoms with van der Waals surface area (Å²) in [6.45, 7) is 3.38. The van der Waals surface area contributed by atoms with Crippen molar-refractivity contribution in [2.24, 2.45) is 11.7 Å². The third-order valence-electron chi connectivity index (χ3n) is 4.36. The summed E-state index contributed by atoms with van der Waals surface area (Å²) < 4.78 is 5.69. The van der Waals surface area contributed by atoms with E-state index in [9.17, 15) is 4.79 Å². The highest BCUT2D eigenvalue weighted by Crippen LogP contribution is 2.24. The van der Waals surface area contributed by atoms with Gasteiger partial charge in [-0.15, -0.1) is 0 Å². The lowest BCUT2D eigenvalue weighted by atomic mass is 10.0. The molecule has 0 saturated heterocycles. The second kappa shape index (κ2) is 8.79. The highest BCUT2D eigenvalue weighted by atomic mass is 16.5. The molecule has 4 nitrogen and oxygen atoms in total. The van der Waals surface area contributed by atoms with Gasteiger partial charge in [-0.1, -0.05) is 18.6 Å². The summed E-state index contributed by atoms with van der Waals surface area (Å²) in [6, 6.07) is 8.33. The van der Waals surface area contributed by atoms with Crippen molar-refractivity contribution in [3.63, 3.8) is 0 Å². The number of hydrogen-bond acceptors (Lipinski definition) is 3. The van der Waals surface area contributed by atoms with Crippen LogP contribution >= 0.6 is 0 Å². The Labute approximate surface area is 133 Å². The summed E-state index contributed by atoms with van der Waals surface area (Å²) in [5.41, 5.74) is 6.93. The van der Waals surface area contributed by atoms with E-state index in [0.717, 1.165) is 31.4 Å². The molecule has 22 heavy (non-hydrogen) atoms. The molecule has 1 aromatic carbocycles. The molecule has 0 aliphatic heterocycles. The van der Waals surface area contributed by atoms with Crippen LogP contribution in [0.5, 0.6) is 5.75 Å². The van der Waals surface area contributed by atoms with Crippen molar-refractivity contribution in [3.8, 4) is 5.75 Å². The van der Waals surface area contributed by atoms with E-state index in [4.69, 9.17) is 10.5 Å². The lowest BCUT2D eigenvalue weighted by Gasteiger charge is -2.19. The van der Waals surface area contributed by atoms with Crippen LogP contribution in [0.2, 0.25) is 0 Å². The molecule has 4 heteroatoms. The second-order valence-electron chi connectivity index (χ2n) is 6.22. The van der Waals surface area contributed by atoms with Gasteiger partial charge in [-0.25, -0.2) is 0 Å². The average Bonchev–Trinajstić information content (AvgIpc) is 2.94. The Balaban J connectivity index is 1.57. The van der Waals surface area contributed by atoms with Gasteiger partial charge in [-0.3, -0.25) is 4.79 Å². The monoisotopic (exact) mass is 304 g/mol. The topological polar surface area (TPSA) is 64.3 Å². The Morgan fingerprint density at radius 1 is 1.36 bits per heavy atom. The molecule has 1 saturated carbocycles. The summed E-state index contributed by atoms with van der Waals surface area (Å²) in [4.78, 5) is 11.9. The van der Waals surface area contributed by atoms with E-state index in [0.29, 0.717) is 31.5 Å². The fourth-order valence-electron chi connectivity index (χ4n) is 3.07. The molecular formula is C18H28N2O2. The number of unbranched alkanes of at least 4 members (excludes halogenated alkanes) is 1. The number of carbonyl (C=O) groups is 1. The van der Waals surface area contributed by atoms with Crippen LogP contribution in [0, 0.1) is 12.8 Å². The summed E-state index contributed by atoms with van der Waals surface area (Å²) in [5, 5.41) is 3.14. The van der Waals surface area contributed by atoms with Crippen LogP contribution < -0.4 is 15.8 Å². The molecule has 0 aromatic heterocycles. The van der Waals surface area contributed by atoms with Crippen LogP contribution in [0.25, 0.3) is 0 Å². The van der Waals surface area contributed by atoms with Gasteiger partial charge in [0.05, 0.1) is 6.61 Å². The maximum atomic E-state index is 11.9. The van der Waals surface area contributed by atoms with Gasteiger partial charge in [0.15, 0.2) is 0 Å². The van der Waals surface area contributed by atoms with Crippen molar-refractivity contribution in [1.82, 2.24) is 5.32 Å². The lowest BCUT2D eigenvalue weighted by Crippen LogP contribution is -2.39. The smallest absolute Gasteiger partial charge is 0.220 e. The quantitative estimate of drug-likeness (QED) is 0.726. The van der Waals surface area contributed by atoms with Crippen LogP contribution in [-0.2, 0) is 4.79 Å². The highest BCUT2D eigenvalue weighted by Gasteiger charge is 2.26. The van der Waals surface area contributed by atoms with Crippen LogP contribution in [-0.4, -0.2) is 25.1 Å². The van der Waals surface area contributed by atoms with Gasteiger partial charge in [0.2, 0.25) is 5.91 Å². The molecule has 1 aromatic rings. The molecule has 2 rings (SSSR count). The highest BCUT2D eigenvalue weighted by molar-refractivity contribution is 5.76. The van der Waals surface area contributed by atoms with E-state index in [-0.39, 0.29) is 5.91 Å².